The number of hydrogen-bond donors (Lipinski definition) is 1. The number of anilines is 1. The molecule has 1 aromatic carbocycles. The van der Waals surface area contributed by atoms with E-state index >= 15 is 0 Å². The van der Waals surface area contributed by atoms with Gasteiger partial charge in [-0.25, -0.2) is 4.98 Å². The lowest BCUT2D eigenvalue weighted by molar-refractivity contribution is -0.144. The molecule has 1 aromatic heterocycles. The standard InChI is InChI=1S/C17H20N2O3S2/c1-3-22-14(21)11-10-13(20)18-16-15(12-8-6-5-7-9-12)19-17(24-16)23-4-2/h5-9H,3-4,10-11H2,1-2H3,(H,18,20). The topological polar surface area (TPSA) is 68.3 Å². The predicted molar refractivity (Wildman–Crippen MR) is 98.4 cm³/mol. The van der Waals surface area contributed by atoms with Gasteiger partial charge in [-0.2, -0.15) is 0 Å². The first-order chi connectivity index (χ1) is 11.6. The summed E-state index contributed by atoms with van der Waals surface area (Å²) in [6, 6.07) is 9.74. The lowest BCUT2D eigenvalue weighted by Crippen LogP contribution is -2.14. The number of nitrogens with one attached hydrogen (secondary N) is 1. The number of thiazole rings is 1. The van der Waals surface area contributed by atoms with Crippen LogP contribution in [0.3, 0.4) is 0 Å². The lowest BCUT2D eigenvalue weighted by Gasteiger charge is -2.05. The Kier molecular flexibility index (Phi) is 7.27. The lowest BCUT2D eigenvalue weighted by atomic mass is 10.1. The number of benzene rings is 1. The second-order valence-electron chi connectivity index (χ2n) is 4.81. The van der Waals surface area contributed by atoms with Crippen molar-refractivity contribution in [3.8, 4) is 11.3 Å². The average Bonchev–Trinajstić information content (AvgIpc) is 2.97. The molecule has 2 rings (SSSR count). The second kappa shape index (κ2) is 9.44. The number of carbonyl (C=O) groups excluding carboxylic acids is 2. The van der Waals surface area contributed by atoms with E-state index in [1.807, 2.05) is 30.3 Å². The molecule has 0 spiro atoms. The van der Waals surface area contributed by atoms with Crippen molar-refractivity contribution in [1.82, 2.24) is 4.98 Å². The van der Waals surface area contributed by atoms with Gasteiger partial charge in [0.25, 0.3) is 0 Å². The smallest absolute Gasteiger partial charge is 0.306 e. The average molecular weight is 364 g/mol. The molecule has 0 saturated heterocycles. The van der Waals surface area contributed by atoms with Crippen molar-refractivity contribution in [2.45, 2.75) is 31.0 Å². The zero-order valence-corrected chi connectivity index (χ0v) is 15.3. The molecule has 128 valence electrons. The monoisotopic (exact) mass is 364 g/mol. The largest absolute Gasteiger partial charge is 0.466 e. The summed E-state index contributed by atoms with van der Waals surface area (Å²) in [5, 5.41) is 3.60. The second-order valence-corrected chi connectivity index (χ2v) is 7.32. The third kappa shape index (κ3) is 5.35. The van der Waals surface area contributed by atoms with Crippen molar-refractivity contribution in [3.05, 3.63) is 30.3 Å². The number of nitrogens with zero attached hydrogens (tertiary/aromatic N) is 1. The summed E-state index contributed by atoms with van der Waals surface area (Å²) in [5.41, 5.74) is 1.72. The van der Waals surface area contributed by atoms with Crippen molar-refractivity contribution in [2.75, 3.05) is 17.7 Å². The van der Waals surface area contributed by atoms with Gasteiger partial charge in [0, 0.05) is 12.0 Å². The van der Waals surface area contributed by atoms with Gasteiger partial charge in [0.05, 0.1) is 13.0 Å². The number of thioether (sulfide) groups is 1. The van der Waals surface area contributed by atoms with Crippen LogP contribution in [0.5, 0.6) is 0 Å². The molecule has 1 N–H and O–H groups in total. The summed E-state index contributed by atoms with van der Waals surface area (Å²) in [6.07, 6.45) is 0.178. The van der Waals surface area contributed by atoms with E-state index in [9.17, 15) is 9.59 Å². The summed E-state index contributed by atoms with van der Waals surface area (Å²) in [5.74, 6) is 0.345. The third-order valence-corrected chi connectivity index (χ3v) is 5.03. The number of rotatable bonds is 8. The van der Waals surface area contributed by atoms with Gasteiger partial charge in [-0.05, 0) is 12.7 Å². The van der Waals surface area contributed by atoms with Gasteiger partial charge in [0.15, 0.2) is 4.34 Å². The Morgan fingerprint density at radius 3 is 2.62 bits per heavy atom. The van der Waals surface area contributed by atoms with Crippen molar-refractivity contribution in [3.63, 3.8) is 0 Å². The van der Waals surface area contributed by atoms with E-state index in [2.05, 4.69) is 17.2 Å². The van der Waals surface area contributed by atoms with Crippen LogP contribution in [-0.4, -0.2) is 29.2 Å². The van der Waals surface area contributed by atoms with Crippen LogP contribution in [0.1, 0.15) is 26.7 Å². The van der Waals surface area contributed by atoms with E-state index in [-0.39, 0.29) is 24.7 Å². The first-order valence-corrected chi connectivity index (χ1v) is 9.58. The summed E-state index contributed by atoms with van der Waals surface area (Å²) in [4.78, 5) is 28.1. The Morgan fingerprint density at radius 1 is 1.21 bits per heavy atom. The Hall–Kier alpha value is -1.86. The molecule has 7 heteroatoms. The highest BCUT2D eigenvalue weighted by atomic mass is 32.2. The van der Waals surface area contributed by atoms with E-state index < -0.39 is 0 Å². The molecule has 5 nitrogen and oxygen atoms in total. The van der Waals surface area contributed by atoms with Crippen molar-refractivity contribution < 1.29 is 14.3 Å². The van der Waals surface area contributed by atoms with Crippen LogP contribution < -0.4 is 5.32 Å². The van der Waals surface area contributed by atoms with E-state index in [4.69, 9.17) is 4.74 Å². The molecule has 1 amide bonds. The number of amides is 1. The Morgan fingerprint density at radius 2 is 1.96 bits per heavy atom. The molecule has 1 heterocycles. The van der Waals surface area contributed by atoms with Gasteiger partial charge in [0.1, 0.15) is 10.7 Å². The predicted octanol–water partition coefficient (Wildman–Crippen LogP) is 4.20. The van der Waals surface area contributed by atoms with E-state index in [0.29, 0.717) is 11.6 Å². The van der Waals surface area contributed by atoms with Crippen molar-refractivity contribution in [2.24, 2.45) is 0 Å². The molecule has 0 aliphatic heterocycles. The molecule has 0 atom stereocenters. The van der Waals surface area contributed by atoms with E-state index in [1.165, 1.54) is 11.3 Å². The van der Waals surface area contributed by atoms with Crippen LogP contribution in [0.15, 0.2) is 34.7 Å². The van der Waals surface area contributed by atoms with Crippen LogP contribution >= 0.6 is 23.1 Å². The van der Waals surface area contributed by atoms with Crippen LogP contribution in [0.4, 0.5) is 5.00 Å². The maximum atomic E-state index is 12.1. The third-order valence-electron chi connectivity index (χ3n) is 3.04. The fourth-order valence-corrected chi connectivity index (χ4v) is 3.98. The van der Waals surface area contributed by atoms with Gasteiger partial charge in [-0.1, -0.05) is 60.4 Å². The minimum absolute atomic E-state index is 0.0791. The Labute approximate surface area is 149 Å². The van der Waals surface area contributed by atoms with Crippen LogP contribution in [-0.2, 0) is 14.3 Å². The highest BCUT2D eigenvalue weighted by Crippen LogP contribution is 2.37. The minimum Gasteiger partial charge on any atom is -0.466 e. The molecule has 0 aliphatic rings. The van der Waals surface area contributed by atoms with E-state index in [0.717, 1.165) is 21.3 Å². The van der Waals surface area contributed by atoms with Crippen LogP contribution in [0.2, 0.25) is 0 Å². The van der Waals surface area contributed by atoms with Crippen molar-refractivity contribution in [1.29, 1.82) is 0 Å². The quantitative estimate of drug-likeness (QED) is 0.561. The first kappa shape index (κ1) is 18.5. The SMILES string of the molecule is CCOC(=O)CCC(=O)Nc1sc(SCC)nc1-c1ccccc1. The maximum absolute atomic E-state index is 12.1. The molecule has 0 bridgehead atoms. The zero-order valence-electron chi connectivity index (χ0n) is 13.7. The normalized spacial score (nSPS) is 10.4. The summed E-state index contributed by atoms with van der Waals surface area (Å²) < 4.78 is 5.75. The summed E-state index contributed by atoms with van der Waals surface area (Å²) in [6.45, 7) is 4.13. The van der Waals surface area contributed by atoms with Crippen LogP contribution in [0, 0.1) is 0 Å². The number of hydrogen-bond acceptors (Lipinski definition) is 6. The number of carbonyl (C=O) groups is 2. The zero-order chi connectivity index (χ0) is 17.4. The van der Waals surface area contributed by atoms with Gasteiger partial charge in [-0.3, -0.25) is 9.59 Å². The molecular weight excluding hydrogens is 344 g/mol. The summed E-state index contributed by atoms with van der Waals surface area (Å²) >= 11 is 3.09. The highest BCUT2D eigenvalue weighted by molar-refractivity contribution is 8.01. The summed E-state index contributed by atoms with van der Waals surface area (Å²) in [7, 11) is 0. The van der Waals surface area contributed by atoms with Gasteiger partial charge >= 0.3 is 5.97 Å². The Bertz CT molecular complexity index is 686. The van der Waals surface area contributed by atoms with Crippen molar-refractivity contribution >= 4 is 40.0 Å². The van der Waals surface area contributed by atoms with E-state index in [1.54, 1.807) is 18.7 Å². The Balaban J connectivity index is 2.10. The molecule has 2 aromatic rings. The fraction of sp³-hybridized carbons (Fsp3) is 0.353. The molecule has 0 radical (unpaired) electrons. The molecular formula is C17H20N2O3S2. The highest BCUT2D eigenvalue weighted by Gasteiger charge is 2.16. The number of ether oxygens (including phenoxy) is 1. The first-order valence-electron chi connectivity index (χ1n) is 7.78. The van der Waals surface area contributed by atoms with Gasteiger partial charge in [-0.15, -0.1) is 0 Å². The van der Waals surface area contributed by atoms with Gasteiger partial charge in [0.2, 0.25) is 5.91 Å². The van der Waals surface area contributed by atoms with Crippen LogP contribution in [0.25, 0.3) is 11.3 Å². The fourth-order valence-electron chi connectivity index (χ4n) is 2.00. The molecule has 0 unspecified atom stereocenters. The number of aromatic nitrogens is 1. The minimum atomic E-state index is -0.359. The number of esters is 1. The molecule has 0 saturated carbocycles. The molecule has 0 fully saturated rings. The maximum Gasteiger partial charge on any atom is 0.306 e. The molecule has 0 aliphatic carbocycles. The van der Waals surface area contributed by atoms with Gasteiger partial charge < -0.3 is 10.1 Å². The molecule has 24 heavy (non-hydrogen) atoms.